The van der Waals surface area contributed by atoms with E-state index in [2.05, 4.69) is 0 Å². The van der Waals surface area contributed by atoms with Crippen molar-refractivity contribution in [3.8, 4) is 17.1 Å². The first kappa shape index (κ1) is 20.4. The van der Waals surface area contributed by atoms with E-state index in [1.165, 1.54) is 19.1 Å². The zero-order chi connectivity index (χ0) is 23.1. The molecule has 162 valence electrons. The van der Waals surface area contributed by atoms with Crippen LogP contribution in [0.5, 0.6) is 5.75 Å². The number of para-hydroxylation sites is 1. The summed E-state index contributed by atoms with van der Waals surface area (Å²) < 4.78 is 11.5. The van der Waals surface area contributed by atoms with Crippen LogP contribution in [0.1, 0.15) is 27.6 Å². The number of rotatable bonds is 4. The van der Waals surface area contributed by atoms with Crippen LogP contribution in [-0.2, 0) is 4.79 Å². The Labute approximate surface area is 187 Å². The van der Waals surface area contributed by atoms with Gasteiger partial charge in [-0.2, -0.15) is 0 Å². The van der Waals surface area contributed by atoms with E-state index in [1.54, 1.807) is 66.7 Å². The van der Waals surface area contributed by atoms with Gasteiger partial charge in [-0.3, -0.25) is 19.3 Å². The van der Waals surface area contributed by atoms with E-state index in [4.69, 9.17) is 9.15 Å². The second-order valence-corrected chi connectivity index (χ2v) is 7.57. The Bertz CT molecular complexity index is 1450. The molecule has 1 aliphatic heterocycles. The number of ether oxygens (including phenoxy) is 1. The van der Waals surface area contributed by atoms with Crippen LogP contribution in [0.25, 0.3) is 22.3 Å². The number of esters is 1. The second kappa shape index (κ2) is 7.87. The minimum atomic E-state index is -1.26. The summed E-state index contributed by atoms with van der Waals surface area (Å²) in [7, 11) is 0. The van der Waals surface area contributed by atoms with Crippen molar-refractivity contribution >= 4 is 28.8 Å². The molecule has 1 aromatic heterocycles. The van der Waals surface area contributed by atoms with Crippen LogP contribution >= 0.6 is 0 Å². The number of carbonyl (C=O) groups excluding carboxylic acids is 3. The number of imide groups is 1. The predicted molar refractivity (Wildman–Crippen MR) is 120 cm³/mol. The molecule has 0 aliphatic carbocycles. The Morgan fingerprint density at radius 3 is 2.06 bits per heavy atom. The van der Waals surface area contributed by atoms with Crippen LogP contribution in [-0.4, -0.2) is 28.7 Å². The minimum absolute atomic E-state index is 0.0854. The van der Waals surface area contributed by atoms with Crippen LogP contribution in [0.2, 0.25) is 0 Å². The Kier molecular flexibility index (Phi) is 4.86. The number of carbonyl (C=O) groups is 3. The zero-order valence-electron chi connectivity index (χ0n) is 17.5. The highest BCUT2D eigenvalue weighted by molar-refractivity contribution is 6.22. The Morgan fingerprint density at radius 2 is 1.39 bits per heavy atom. The molecule has 4 aromatic rings. The maximum atomic E-state index is 13.2. The average Bonchev–Trinajstić information content (AvgIpc) is 3.10. The van der Waals surface area contributed by atoms with E-state index in [0.29, 0.717) is 11.1 Å². The van der Waals surface area contributed by atoms with Gasteiger partial charge in [0.1, 0.15) is 11.6 Å². The van der Waals surface area contributed by atoms with Gasteiger partial charge in [0, 0.05) is 5.56 Å². The van der Waals surface area contributed by atoms with E-state index in [-0.39, 0.29) is 28.0 Å². The lowest BCUT2D eigenvalue weighted by Gasteiger charge is -2.21. The van der Waals surface area contributed by atoms with Crippen LogP contribution in [0.15, 0.2) is 88.1 Å². The summed E-state index contributed by atoms with van der Waals surface area (Å²) in [6, 6.07) is 20.5. The normalized spacial score (nSPS) is 13.8. The van der Waals surface area contributed by atoms with Gasteiger partial charge in [-0.15, -0.1) is 0 Å². The lowest BCUT2D eigenvalue weighted by molar-refractivity contribution is -0.138. The minimum Gasteiger partial charge on any atom is -0.452 e. The van der Waals surface area contributed by atoms with Gasteiger partial charge >= 0.3 is 5.97 Å². The lowest BCUT2D eigenvalue weighted by atomic mass is 10.1. The molecule has 1 aliphatic rings. The summed E-state index contributed by atoms with van der Waals surface area (Å²) in [5, 5.41) is 0.244. The van der Waals surface area contributed by atoms with Gasteiger partial charge < -0.3 is 9.15 Å². The van der Waals surface area contributed by atoms with Crippen molar-refractivity contribution in [2.24, 2.45) is 0 Å². The fraction of sp³-hybridized carbons (Fsp3) is 0.0769. The van der Waals surface area contributed by atoms with Crippen molar-refractivity contribution < 1.29 is 23.5 Å². The summed E-state index contributed by atoms with van der Waals surface area (Å²) in [5.41, 5.74) is 0.791. The zero-order valence-corrected chi connectivity index (χ0v) is 17.5. The first-order chi connectivity index (χ1) is 16.0. The van der Waals surface area contributed by atoms with Crippen molar-refractivity contribution in [1.29, 1.82) is 0 Å². The van der Waals surface area contributed by atoms with Crippen LogP contribution < -0.4 is 10.2 Å². The third kappa shape index (κ3) is 3.30. The van der Waals surface area contributed by atoms with Crippen molar-refractivity contribution in [2.75, 3.05) is 0 Å². The number of benzene rings is 3. The third-order valence-electron chi connectivity index (χ3n) is 5.55. The second-order valence-electron chi connectivity index (χ2n) is 7.57. The Hall–Kier alpha value is -4.52. The quantitative estimate of drug-likeness (QED) is 0.352. The molecular weight excluding hydrogens is 422 g/mol. The van der Waals surface area contributed by atoms with E-state index < -0.39 is 29.3 Å². The lowest BCUT2D eigenvalue weighted by Crippen LogP contribution is -2.45. The molecule has 0 radical (unpaired) electrons. The van der Waals surface area contributed by atoms with Gasteiger partial charge in [-0.05, 0) is 31.2 Å². The highest BCUT2D eigenvalue weighted by atomic mass is 16.5. The monoisotopic (exact) mass is 439 g/mol. The van der Waals surface area contributed by atoms with Crippen LogP contribution in [0.3, 0.4) is 0 Å². The largest absolute Gasteiger partial charge is 0.452 e. The fourth-order valence-corrected chi connectivity index (χ4v) is 3.85. The van der Waals surface area contributed by atoms with Gasteiger partial charge in [0.2, 0.25) is 11.2 Å². The van der Waals surface area contributed by atoms with Crippen LogP contribution in [0.4, 0.5) is 0 Å². The number of nitrogens with zero attached hydrogens (tertiary/aromatic N) is 1. The molecule has 0 spiro atoms. The maximum absolute atomic E-state index is 13.2. The maximum Gasteiger partial charge on any atom is 0.334 e. The predicted octanol–water partition coefficient (Wildman–Crippen LogP) is 4.05. The highest BCUT2D eigenvalue weighted by Crippen LogP contribution is 2.32. The van der Waals surface area contributed by atoms with Crippen molar-refractivity contribution in [2.45, 2.75) is 13.0 Å². The van der Waals surface area contributed by atoms with Gasteiger partial charge in [0.15, 0.2) is 5.76 Å². The molecule has 0 unspecified atom stereocenters. The molecule has 2 amide bonds. The number of hydrogen-bond acceptors (Lipinski definition) is 6. The molecule has 7 nitrogen and oxygen atoms in total. The molecule has 5 rings (SSSR count). The first-order valence-electron chi connectivity index (χ1n) is 10.3. The molecule has 7 heteroatoms. The van der Waals surface area contributed by atoms with Gasteiger partial charge in [-0.25, -0.2) is 4.79 Å². The topological polar surface area (TPSA) is 93.9 Å². The van der Waals surface area contributed by atoms with Crippen LogP contribution in [0, 0.1) is 0 Å². The van der Waals surface area contributed by atoms with Crippen molar-refractivity contribution in [3.05, 3.63) is 100 Å². The molecule has 0 saturated heterocycles. The molecule has 3 aromatic carbocycles. The van der Waals surface area contributed by atoms with Crippen molar-refractivity contribution in [1.82, 2.24) is 4.90 Å². The number of hydrogen-bond donors (Lipinski definition) is 0. The SMILES string of the molecule is C[C@H](C(=O)Oc1c(-c2ccccc2)oc2ccccc2c1=O)N1C(=O)c2ccccc2C1=O. The molecule has 0 N–H and O–H groups in total. The summed E-state index contributed by atoms with van der Waals surface area (Å²) in [6.45, 7) is 1.38. The van der Waals surface area contributed by atoms with E-state index in [9.17, 15) is 19.2 Å². The van der Waals surface area contributed by atoms with E-state index >= 15 is 0 Å². The Morgan fingerprint density at radius 1 is 0.818 bits per heavy atom. The number of amides is 2. The summed E-state index contributed by atoms with van der Waals surface area (Å²) in [4.78, 5) is 52.6. The molecule has 2 heterocycles. The average molecular weight is 439 g/mol. The van der Waals surface area contributed by atoms with E-state index in [1.807, 2.05) is 0 Å². The van der Waals surface area contributed by atoms with Crippen molar-refractivity contribution in [3.63, 3.8) is 0 Å². The molecular formula is C26H17NO6. The summed E-state index contributed by atoms with van der Waals surface area (Å²) in [6.07, 6.45) is 0. The smallest absolute Gasteiger partial charge is 0.334 e. The van der Waals surface area contributed by atoms with Gasteiger partial charge in [0.25, 0.3) is 11.8 Å². The summed E-state index contributed by atoms with van der Waals surface area (Å²) in [5.74, 6) is -2.32. The molecule has 0 fully saturated rings. The highest BCUT2D eigenvalue weighted by Gasteiger charge is 2.41. The molecule has 1 atom stereocenters. The summed E-state index contributed by atoms with van der Waals surface area (Å²) >= 11 is 0. The Balaban J connectivity index is 1.55. The standard InChI is InChI=1S/C26H17NO6/c1-15(27-24(29)17-11-5-6-12-18(17)25(27)30)26(31)33-23-21(28)19-13-7-8-14-20(19)32-22(23)16-9-3-2-4-10-16/h2-15H,1H3/t15-/m1/s1. The number of fused-ring (bicyclic) bond motifs is 2. The fourth-order valence-electron chi connectivity index (χ4n) is 3.85. The first-order valence-corrected chi connectivity index (χ1v) is 10.3. The third-order valence-corrected chi connectivity index (χ3v) is 5.55. The van der Waals surface area contributed by atoms with Gasteiger partial charge in [-0.1, -0.05) is 54.6 Å². The van der Waals surface area contributed by atoms with Gasteiger partial charge in [0.05, 0.1) is 16.5 Å². The molecule has 0 bridgehead atoms. The molecule has 0 saturated carbocycles. The van der Waals surface area contributed by atoms with E-state index in [0.717, 1.165) is 4.90 Å². The molecule has 33 heavy (non-hydrogen) atoms.